The van der Waals surface area contributed by atoms with Crippen molar-refractivity contribution >= 4 is 11.6 Å². The molecule has 2 N–H and O–H groups in total. The maximum atomic E-state index is 6.02. The molecule has 0 spiro atoms. The zero-order chi connectivity index (χ0) is 9.26. The second kappa shape index (κ2) is 3.68. The maximum Gasteiger partial charge on any atom is 0.127 e. The van der Waals surface area contributed by atoms with E-state index in [0.717, 1.165) is 12.8 Å². The summed E-state index contributed by atoms with van der Waals surface area (Å²) >= 11 is 5.98. The van der Waals surface area contributed by atoms with Gasteiger partial charge in [0.05, 0.1) is 12.2 Å². The van der Waals surface area contributed by atoms with Crippen LogP contribution >= 0.6 is 11.6 Å². The van der Waals surface area contributed by atoms with E-state index in [1.54, 1.807) is 6.20 Å². The Kier molecular flexibility index (Phi) is 2.56. The van der Waals surface area contributed by atoms with E-state index >= 15 is 0 Å². The quantitative estimate of drug-likeness (QED) is 0.752. The van der Waals surface area contributed by atoms with Gasteiger partial charge in [0.1, 0.15) is 5.15 Å². The maximum absolute atomic E-state index is 6.02. The number of nitrogens with two attached hydrogens (primary N) is 1. The van der Waals surface area contributed by atoms with Gasteiger partial charge in [0, 0.05) is 6.04 Å². The van der Waals surface area contributed by atoms with Crippen molar-refractivity contribution in [2.24, 2.45) is 5.73 Å². The first-order valence-electron chi connectivity index (χ1n) is 4.73. The number of aromatic nitrogens is 2. The third kappa shape index (κ3) is 1.71. The molecule has 0 radical (unpaired) electrons. The predicted octanol–water partition coefficient (Wildman–Crippen LogP) is 1.98. The summed E-state index contributed by atoms with van der Waals surface area (Å²) in [5.74, 6) is 0. The molecule has 1 saturated carbocycles. The van der Waals surface area contributed by atoms with Crippen LogP contribution in [-0.4, -0.2) is 15.8 Å². The van der Waals surface area contributed by atoms with Crippen molar-refractivity contribution in [3.05, 3.63) is 17.4 Å². The molecule has 0 bridgehead atoms. The van der Waals surface area contributed by atoms with E-state index in [0.29, 0.717) is 11.2 Å². The van der Waals surface area contributed by atoms with E-state index in [2.05, 4.69) is 5.10 Å². The molecule has 13 heavy (non-hydrogen) atoms. The van der Waals surface area contributed by atoms with Crippen LogP contribution < -0.4 is 5.73 Å². The normalized spacial score (nSPS) is 29.1. The van der Waals surface area contributed by atoms with E-state index < -0.39 is 0 Å². The number of hydrogen-bond acceptors (Lipinski definition) is 2. The third-order valence-corrected chi connectivity index (χ3v) is 3.02. The molecular weight excluding hydrogens is 186 g/mol. The molecule has 72 valence electrons. The van der Waals surface area contributed by atoms with Gasteiger partial charge in [0.2, 0.25) is 0 Å². The standard InChI is InChI=1S/C9H14ClN3/c10-9-5-6-12-13(9)8-4-2-1-3-7(8)11/h5-8H,1-4,11H2. The fraction of sp³-hybridized carbons (Fsp3) is 0.667. The zero-order valence-electron chi connectivity index (χ0n) is 7.49. The predicted molar refractivity (Wildman–Crippen MR) is 52.7 cm³/mol. The molecule has 2 unspecified atom stereocenters. The van der Waals surface area contributed by atoms with Crippen molar-refractivity contribution < 1.29 is 0 Å². The van der Waals surface area contributed by atoms with Crippen LogP contribution in [0.5, 0.6) is 0 Å². The monoisotopic (exact) mass is 199 g/mol. The van der Waals surface area contributed by atoms with Crippen molar-refractivity contribution in [1.29, 1.82) is 0 Å². The summed E-state index contributed by atoms with van der Waals surface area (Å²) < 4.78 is 1.85. The topological polar surface area (TPSA) is 43.8 Å². The fourth-order valence-electron chi connectivity index (χ4n) is 1.99. The molecule has 0 aliphatic heterocycles. The summed E-state index contributed by atoms with van der Waals surface area (Å²) in [4.78, 5) is 0. The summed E-state index contributed by atoms with van der Waals surface area (Å²) in [5.41, 5.74) is 6.02. The Bertz CT molecular complexity index is 284. The van der Waals surface area contributed by atoms with Crippen molar-refractivity contribution in [1.82, 2.24) is 9.78 Å². The molecule has 1 aromatic rings. The highest BCUT2D eigenvalue weighted by atomic mass is 35.5. The molecule has 2 rings (SSSR count). The Morgan fingerprint density at radius 3 is 2.85 bits per heavy atom. The van der Waals surface area contributed by atoms with Gasteiger partial charge in [0.25, 0.3) is 0 Å². The van der Waals surface area contributed by atoms with Crippen molar-refractivity contribution in [3.63, 3.8) is 0 Å². The molecular formula is C9H14ClN3. The molecule has 4 heteroatoms. The average Bonchev–Trinajstić information content (AvgIpc) is 2.52. The van der Waals surface area contributed by atoms with Crippen LogP contribution in [0, 0.1) is 0 Å². The molecule has 0 aromatic carbocycles. The molecule has 0 amide bonds. The van der Waals surface area contributed by atoms with E-state index in [1.165, 1.54) is 12.8 Å². The minimum absolute atomic E-state index is 0.214. The largest absolute Gasteiger partial charge is 0.326 e. The van der Waals surface area contributed by atoms with Gasteiger partial charge >= 0.3 is 0 Å². The molecule has 0 saturated heterocycles. The molecule has 3 nitrogen and oxygen atoms in total. The molecule has 1 heterocycles. The first-order valence-corrected chi connectivity index (χ1v) is 5.11. The van der Waals surface area contributed by atoms with Crippen LogP contribution in [0.4, 0.5) is 0 Å². The van der Waals surface area contributed by atoms with Crippen molar-refractivity contribution in [3.8, 4) is 0 Å². The highest BCUT2D eigenvalue weighted by molar-refractivity contribution is 6.29. The SMILES string of the molecule is NC1CCCCC1n1nccc1Cl. The highest BCUT2D eigenvalue weighted by Gasteiger charge is 2.24. The zero-order valence-corrected chi connectivity index (χ0v) is 8.24. The smallest absolute Gasteiger partial charge is 0.127 e. The van der Waals surface area contributed by atoms with Gasteiger partial charge in [-0.15, -0.1) is 0 Å². The van der Waals surface area contributed by atoms with Gasteiger partial charge in [0.15, 0.2) is 0 Å². The summed E-state index contributed by atoms with van der Waals surface area (Å²) in [6.07, 6.45) is 6.37. The van der Waals surface area contributed by atoms with Crippen molar-refractivity contribution in [2.45, 2.75) is 37.8 Å². The molecule has 1 aliphatic carbocycles. The Morgan fingerprint density at radius 1 is 1.46 bits per heavy atom. The summed E-state index contributed by atoms with van der Waals surface area (Å²) in [6, 6.07) is 2.32. The second-order valence-corrected chi connectivity index (χ2v) is 4.00. The van der Waals surface area contributed by atoms with E-state index in [4.69, 9.17) is 17.3 Å². The van der Waals surface area contributed by atoms with Gasteiger partial charge in [-0.1, -0.05) is 24.4 Å². The first kappa shape index (κ1) is 9.03. The Morgan fingerprint density at radius 2 is 2.23 bits per heavy atom. The van der Waals surface area contributed by atoms with Gasteiger partial charge < -0.3 is 5.73 Å². The Hall–Kier alpha value is -0.540. The fourth-order valence-corrected chi connectivity index (χ4v) is 2.21. The lowest BCUT2D eigenvalue weighted by atomic mass is 9.91. The summed E-state index contributed by atoms with van der Waals surface area (Å²) in [6.45, 7) is 0. The van der Waals surface area contributed by atoms with Crippen LogP contribution in [0.2, 0.25) is 5.15 Å². The van der Waals surface area contributed by atoms with Crippen LogP contribution in [0.1, 0.15) is 31.7 Å². The summed E-state index contributed by atoms with van der Waals surface area (Å²) in [5, 5.41) is 4.89. The number of nitrogens with zero attached hydrogens (tertiary/aromatic N) is 2. The van der Waals surface area contributed by atoms with Gasteiger partial charge in [-0.25, -0.2) is 4.68 Å². The van der Waals surface area contributed by atoms with Gasteiger partial charge in [-0.2, -0.15) is 5.10 Å². The van der Waals surface area contributed by atoms with Crippen LogP contribution in [-0.2, 0) is 0 Å². The van der Waals surface area contributed by atoms with Crippen LogP contribution in [0.3, 0.4) is 0 Å². The summed E-state index contributed by atoms with van der Waals surface area (Å²) in [7, 11) is 0. The second-order valence-electron chi connectivity index (χ2n) is 3.61. The van der Waals surface area contributed by atoms with E-state index in [9.17, 15) is 0 Å². The Balaban J connectivity index is 2.19. The number of halogens is 1. The minimum Gasteiger partial charge on any atom is -0.326 e. The first-order chi connectivity index (χ1) is 6.29. The average molecular weight is 200 g/mol. The van der Waals surface area contributed by atoms with Gasteiger partial charge in [-0.05, 0) is 18.9 Å². The molecule has 2 atom stereocenters. The number of hydrogen-bond donors (Lipinski definition) is 1. The van der Waals surface area contributed by atoms with Crippen molar-refractivity contribution in [2.75, 3.05) is 0 Å². The lowest BCUT2D eigenvalue weighted by molar-refractivity contribution is 0.287. The minimum atomic E-state index is 0.214. The lowest BCUT2D eigenvalue weighted by Gasteiger charge is -2.29. The molecule has 1 aliphatic rings. The molecule has 1 fully saturated rings. The lowest BCUT2D eigenvalue weighted by Crippen LogP contribution is -2.35. The Labute approximate surface area is 82.9 Å². The van der Waals surface area contributed by atoms with Crippen LogP contribution in [0.25, 0.3) is 0 Å². The number of rotatable bonds is 1. The molecule has 1 aromatic heterocycles. The van der Waals surface area contributed by atoms with Gasteiger partial charge in [-0.3, -0.25) is 0 Å². The van der Waals surface area contributed by atoms with E-state index in [1.807, 2.05) is 10.7 Å². The van der Waals surface area contributed by atoms with E-state index in [-0.39, 0.29) is 6.04 Å². The van der Waals surface area contributed by atoms with Crippen LogP contribution in [0.15, 0.2) is 12.3 Å². The highest BCUT2D eigenvalue weighted by Crippen LogP contribution is 2.28. The third-order valence-electron chi connectivity index (χ3n) is 2.72.